The normalized spacial score (nSPS) is 18.1. The number of nitrogens with one attached hydrogen (secondary N) is 2. The standard InChI is InChI=1S/C15H19N3O2.ClH/c19-14-5-3-11-10-12(2-4-13(11)17-14)15(20)18-8-1-6-16-7-9-18;/h2,4,10,16H,1,3,5-9H2,(H,17,19);1H. The van der Waals surface area contributed by atoms with Gasteiger partial charge in [-0.15, -0.1) is 12.4 Å². The molecule has 0 radical (unpaired) electrons. The van der Waals surface area contributed by atoms with Crippen LogP contribution >= 0.6 is 12.4 Å². The van der Waals surface area contributed by atoms with Crippen LogP contribution in [0.3, 0.4) is 0 Å². The maximum atomic E-state index is 12.5. The Hall–Kier alpha value is -1.59. The van der Waals surface area contributed by atoms with Crippen molar-refractivity contribution in [1.82, 2.24) is 10.2 Å². The minimum Gasteiger partial charge on any atom is -0.337 e. The van der Waals surface area contributed by atoms with Crippen LogP contribution in [0.15, 0.2) is 18.2 Å². The van der Waals surface area contributed by atoms with Crippen molar-refractivity contribution >= 4 is 29.9 Å². The van der Waals surface area contributed by atoms with Crippen LogP contribution in [-0.4, -0.2) is 42.9 Å². The number of fused-ring (bicyclic) bond motifs is 1. The fraction of sp³-hybridized carbons (Fsp3) is 0.467. The molecule has 3 rings (SSSR count). The Kier molecular flexibility index (Phi) is 5.20. The third-order valence-electron chi connectivity index (χ3n) is 3.87. The van der Waals surface area contributed by atoms with E-state index >= 15 is 0 Å². The lowest BCUT2D eigenvalue weighted by atomic mass is 10.00. The number of carbonyl (C=O) groups is 2. The summed E-state index contributed by atoms with van der Waals surface area (Å²) in [5.74, 6) is 0.142. The van der Waals surface area contributed by atoms with Gasteiger partial charge in [0.15, 0.2) is 0 Å². The van der Waals surface area contributed by atoms with Gasteiger partial charge in [-0.3, -0.25) is 9.59 Å². The van der Waals surface area contributed by atoms with Crippen molar-refractivity contribution in [3.63, 3.8) is 0 Å². The van der Waals surface area contributed by atoms with Crippen molar-refractivity contribution in [2.24, 2.45) is 0 Å². The molecular formula is C15H20ClN3O2. The molecule has 0 atom stereocenters. The summed E-state index contributed by atoms with van der Waals surface area (Å²) < 4.78 is 0. The molecular weight excluding hydrogens is 290 g/mol. The van der Waals surface area contributed by atoms with Gasteiger partial charge in [-0.1, -0.05) is 0 Å². The molecule has 0 saturated carbocycles. The van der Waals surface area contributed by atoms with Gasteiger partial charge >= 0.3 is 0 Å². The van der Waals surface area contributed by atoms with Crippen LogP contribution in [0.5, 0.6) is 0 Å². The lowest BCUT2D eigenvalue weighted by Gasteiger charge is -2.22. The average Bonchev–Trinajstić information content (AvgIpc) is 2.75. The minimum absolute atomic E-state index is 0. The van der Waals surface area contributed by atoms with Crippen molar-refractivity contribution in [3.8, 4) is 0 Å². The molecule has 2 N–H and O–H groups in total. The highest BCUT2D eigenvalue weighted by Crippen LogP contribution is 2.24. The summed E-state index contributed by atoms with van der Waals surface area (Å²) in [4.78, 5) is 25.8. The molecule has 2 heterocycles. The highest BCUT2D eigenvalue weighted by atomic mass is 35.5. The van der Waals surface area contributed by atoms with E-state index in [1.54, 1.807) is 0 Å². The number of rotatable bonds is 1. The van der Waals surface area contributed by atoms with Crippen LogP contribution in [0.25, 0.3) is 0 Å². The number of anilines is 1. The second kappa shape index (κ2) is 6.91. The van der Waals surface area contributed by atoms with Gasteiger partial charge in [-0.25, -0.2) is 0 Å². The summed E-state index contributed by atoms with van der Waals surface area (Å²) in [5, 5.41) is 6.14. The topological polar surface area (TPSA) is 61.4 Å². The quantitative estimate of drug-likeness (QED) is 0.825. The van der Waals surface area contributed by atoms with Crippen molar-refractivity contribution in [1.29, 1.82) is 0 Å². The Labute approximate surface area is 130 Å². The van der Waals surface area contributed by atoms with Gasteiger partial charge in [-0.05, 0) is 43.1 Å². The molecule has 114 valence electrons. The van der Waals surface area contributed by atoms with E-state index in [2.05, 4.69) is 10.6 Å². The molecule has 2 aliphatic heterocycles. The zero-order chi connectivity index (χ0) is 13.9. The molecule has 2 amide bonds. The van der Waals surface area contributed by atoms with Gasteiger partial charge in [0.2, 0.25) is 5.91 Å². The monoisotopic (exact) mass is 309 g/mol. The SMILES string of the molecule is Cl.O=C1CCc2cc(C(=O)N3CCCNCC3)ccc2N1. The zero-order valence-corrected chi connectivity index (χ0v) is 12.7. The van der Waals surface area contributed by atoms with Gasteiger partial charge < -0.3 is 15.5 Å². The van der Waals surface area contributed by atoms with Crippen LogP contribution < -0.4 is 10.6 Å². The highest BCUT2D eigenvalue weighted by Gasteiger charge is 2.20. The van der Waals surface area contributed by atoms with Crippen molar-refractivity contribution < 1.29 is 9.59 Å². The first-order valence-corrected chi connectivity index (χ1v) is 7.17. The minimum atomic E-state index is 0. The number of hydrogen-bond donors (Lipinski definition) is 2. The summed E-state index contributed by atoms with van der Waals surface area (Å²) in [6.45, 7) is 3.39. The molecule has 0 aromatic heterocycles. The first-order valence-electron chi connectivity index (χ1n) is 7.17. The second-order valence-corrected chi connectivity index (χ2v) is 5.32. The molecule has 1 aromatic carbocycles. The van der Waals surface area contributed by atoms with E-state index in [4.69, 9.17) is 0 Å². The molecule has 1 fully saturated rings. The van der Waals surface area contributed by atoms with Crippen LogP contribution in [0.4, 0.5) is 5.69 Å². The van der Waals surface area contributed by atoms with Gasteiger partial charge in [-0.2, -0.15) is 0 Å². The van der Waals surface area contributed by atoms with Crippen molar-refractivity contribution in [3.05, 3.63) is 29.3 Å². The summed E-state index contributed by atoms with van der Waals surface area (Å²) in [6, 6.07) is 5.58. The summed E-state index contributed by atoms with van der Waals surface area (Å²) >= 11 is 0. The molecule has 2 aliphatic rings. The summed E-state index contributed by atoms with van der Waals surface area (Å²) in [6.07, 6.45) is 2.20. The molecule has 0 unspecified atom stereocenters. The zero-order valence-electron chi connectivity index (χ0n) is 11.9. The third kappa shape index (κ3) is 3.54. The van der Waals surface area contributed by atoms with E-state index in [9.17, 15) is 9.59 Å². The van der Waals surface area contributed by atoms with E-state index in [1.807, 2.05) is 23.1 Å². The fourth-order valence-electron chi connectivity index (χ4n) is 2.75. The molecule has 1 aromatic rings. The predicted octanol–water partition coefficient (Wildman–Crippen LogP) is 1.43. The van der Waals surface area contributed by atoms with Gasteiger partial charge in [0.25, 0.3) is 5.91 Å². The Morgan fingerprint density at radius 3 is 2.86 bits per heavy atom. The molecule has 1 saturated heterocycles. The predicted molar refractivity (Wildman–Crippen MR) is 84.0 cm³/mol. The summed E-state index contributed by atoms with van der Waals surface area (Å²) in [5.41, 5.74) is 2.63. The first-order chi connectivity index (χ1) is 9.74. The molecule has 6 heteroatoms. The second-order valence-electron chi connectivity index (χ2n) is 5.32. The number of halogens is 1. The Morgan fingerprint density at radius 1 is 1.14 bits per heavy atom. The van der Waals surface area contributed by atoms with Crippen LogP contribution in [0.2, 0.25) is 0 Å². The van der Waals surface area contributed by atoms with Gasteiger partial charge in [0.05, 0.1) is 0 Å². The number of hydrogen-bond acceptors (Lipinski definition) is 3. The Morgan fingerprint density at radius 2 is 2.00 bits per heavy atom. The third-order valence-corrected chi connectivity index (χ3v) is 3.87. The van der Waals surface area contributed by atoms with E-state index in [0.717, 1.165) is 49.4 Å². The smallest absolute Gasteiger partial charge is 0.253 e. The Bertz CT molecular complexity index is 540. The number of amides is 2. The van der Waals surface area contributed by atoms with E-state index in [-0.39, 0.29) is 24.2 Å². The highest BCUT2D eigenvalue weighted by molar-refractivity contribution is 5.98. The summed E-state index contributed by atoms with van der Waals surface area (Å²) in [7, 11) is 0. The van der Waals surface area contributed by atoms with Crippen LogP contribution in [0, 0.1) is 0 Å². The number of nitrogens with zero attached hydrogens (tertiary/aromatic N) is 1. The molecule has 0 aliphatic carbocycles. The molecule has 5 nitrogen and oxygen atoms in total. The Balaban J connectivity index is 0.00000161. The van der Waals surface area contributed by atoms with Crippen LogP contribution in [0.1, 0.15) is 28.8 Å². The van der Waals surface area contributed by atoms with E-state index < -0.39 is 0 Å². The van der Waals surface area contributed by atoms with Gasteiger partial charge in [0, 0.05) is 37.3 Å². The largest absolute Gasteiger partial charge is 0.337 e. The van der Waals surface area contributed by atoms with Gasteiger partial charge in [0.1, 0.15) is 0 Å². The molecule has 0 spiro atoms. The maximum Gasteiger partial charge on any atom is 0.253 e. The number of aryl methyl sites for hydroxylation is 1. The fourth-order valence-corrected chi connectivity index (χ4v) is 2.75. The van der Waals surface area contributed by atoms with Crippen molar-refractivity contribution in [2.75, 3.05) is 31.5 Å². The first kappa shape index (κ1) is 15.8. The lowest BCUT2D eigenvalue weighted by molar-refractivity contribution is -0.116. The van der Waals surface area contributed by atoms with E-state index in [0.29, 0.717) is 12.8 Å². The number of carbonyl (C=O) groups excluding carboxylic acids is 2. The number of benzene rings is 1. The lowest BCUT2D eigenvalue weighted by Crippen LogP contribution is -2.34. The maximum absolute atomic E-state index is 12.5. The van der Waals surface area contributed by atoms with E-state index in [1.165, 1.54) is 0 Å². The molecule has 0 bridgehead atoms. The van der Waals surface area contributed by atoms with Crippen LogP contribution in [-0.2, 0) is 11.2 Å². The molecule has 21 heavy (non-hydrogen) atoms. The van der Waals surface area contributed by atoms with Crippen molar-refractivity contribution in [2.45, 2.75) is 19.3 Å². The average molecular weight is 310 g/mol.